The van der Waals surface area contributed by atoms with Crippen LogP contribution in [0.3, 0.4) is 0 Å². The average molecular weight is 303 g/mol. The maximum absolute atomic E-state index is 6.22. The van der Waals surface area contributed by atoms with Crippen molar-refractivity contribution in [2.75, 3.05) is 0 Å². The van der Waals surface area contributed by atoms with Gasteiger partial charge in [0.2, 0.25) is 0 Å². The minimum Gasteiger partial charge on any atom is -0.453 e. The number of furan rings is 1. The van der Waals surface area contributed by atoms with E-state index in [-0.39, 0.29) is 6.04 Å². The fraction of sp³-hybridized carbons (Fsp3) is 0.158. The molecule has 0 radical (unpaired) electrons. The van der Waals surface area contributed by atoms with E-state index in [0.29, 0.717) is 0 Å². The third kappa shape index (κ3) is 2.19. The van der Waals surface area contributed by atoms with E-state index in [9.17, 15) is 0 Å². The molecule has 0 aliphatic heterocycles. The van der Waals surface area contributed by atoms with E-state index in [1.54, 1.807) is 6.20 Å². The van der Waals surface area contributed by atoms with Gasteiger partial charge in [0.05, 0.1) is 0 Å². The van der Waals surface area contributed by atoms with Crippen LogP contribution in [0.5, 0.6) is 0 Å². The van der Waals surface area contributed by atoms with Crippen LogP contribution in [-0.2, 0) is 0 Å². The summed E-state index contributed by atoms with van der Waals surface area (Å²) in [4.78, 5) is 8.74. The van der Waals surface area contributed by atoms with E-state index in [0.717, 1.165) is 44.3 Å². The van der Waals surface area contributed by atoms with Gasteiger partial charge in [0.25, 0.3) is 0 Å². The van der Waals surface area contributed by atoms with Gasteiger partial charge >= 0.3 is 0 Å². The number of hydrogen-bond donors (Lipinski definition) is 1. The Morgan fingerprint density at radius 2 is 2.00 bits per heavy atom. The van der Waals surface area contributed by atoms with Crippen molar-refractivity contribution >= 4 is 22.1 Å². The molecule has 4 aromatic rings. The van der Waals surface area contributed by atoms with E-state index >= 15 is 0 Å². The average Bonchev–Trinajstić information content (AvgIpc) is 2.93. The lowest BCUT2D eigenvalue weighted by molar-refractivity contribution is 0.654. The number of aromatic nitrogens is 2. The van der Waals surface area contributed by atoms with E-state index < -0.39 is 0 Å². The van der Waals surface area contributed by atoms with Gasteiger partial charge < -0.3 is 10.2 Å². The highest BCUT2D eigenvalue weighted by atomic mass is 16.3. The van der Waals surface area contributed by atoms with Crippen LogP contribution in [0.4, 0.5) is 0 Å². The molecule has 0 aliphatic carbocycles. The molecule has 23 heavy (non-hydrogen) atoms. The molecule has 0 saturated heterocycles. The second kappa shape index (κ2) is 5.18. The van der Waals surface area contributed by atoms with Gasteiger partial charge in [-0.05, 0) is 37.6 Å². The Morgan fingerprint density at radius 1 is 1.13 bits per heavy atom. The third-order valence-electron chi connectivity index (χ3n) is 4.09. The van der Waals surface area contributed by atoms with Gasteiger partial charge in [-0.15, -0.1) is 0 Å². The quantitative estimate of drug-likeness (QED) is 0.597. The molecule has 2 N–H and O–H groups in total. The zero-order valence-electron chi connectivity index (χ0n) is 13.1. The largest absolute Gasteiger partial charge is 0.453 e. The number of pyridine rings is 2. The van der Waals surface area contributed by atoms with Crippen molar-refractivity contribution in [1.29, 1.82) is 0 Å². The van der Waals surface area contributed by atoms with Crippen LogP contribution in [0, 0.1) is 6.92 Å². The Morgan fingerprint density at radius 3 is 2.74 bits per heavy atom. The van der Waals surface area contributed by atoms with Gasteiger partial charge in [-0.25, -0.2) is 0 Å². The second-order valence-electron chi connectivity index (χ2n) is 5.90. The summed E-state index contributed by atoms with van der Waals surface area (Å²) in [5.41, 5.74) is 12.8. The highest BCUT2D eigenvalue weighted by Crippen LogP contribution is 2.37. The topological polar surface area (TPSA) is 64.9 Å². The first-order valence-electron chi connectivity index (χ1n) is 7.63. The third-order valence-corrected chi connectivity index (χ3v) is 4.09. The minimum atomic E-state index is -0.0974. The molecule has 1 aromatic carbocycles. The molecular formula is C19H17N3O. The van der Waals surface area contributed by atoms with Gasteiger partial charge in [0.15, 0.2) is 5.58 Å². The Bertz CT molecular complexity index is 1000. The summed E-state index contributed by atoms with van der Waals surface area (Å²) >= 11 is 0. The lowest BCUT2D eigenvalue weighted by Gasteiger charge is -2.07. The Labute approximate surface area is 134 Å². The molecule has 4 rings (SSSR count). The zero-order chi connectivity index (χ0) is 16.0. The molecule has 0 fully saturated rings. The summed E-state index contributed by atoms with van der Waals surface area (Å²) in [6, 6.07) is 9.99. The molecule has 0 amide bonds. The van der Waals surface area contributed by atoms with Gasteiger partial charge in [-0.1, -0.05) is 12.1 Å². The van der Waals surface area contributed by atoms with Crippen LogP contribution in [0.15, 0.2) is 53.3 Å². The molecule has 0 saturated carbocycles. The summed E-state index contributed by atoms with van der Waals surface area (Å²) in [6.07, 6.45) is 5.41. The number of nitrogens with two attached hydrogens (primary N) is 1. The Hall–Kier alpha value is -2.72. The van der Waals surface area contributed by atoms with E-state index in [2.05, 4.69) is 29.0 Å². The van der Waals surface area contributed by atoms with E-state index in [4.69, 9.17) is 10.2 Å². The van der Waals surface area contributed by atoms with Gasteiger partial charge in [0, 0.05) is 46.7 Å². The second-order valence-corrected chi connectivity index (χ2v) is 5.90. The minimum absolute atomic E-state index is 0.0974. The van der Waals surface area contributed by atoms with Crippen LogP contribution in [0.2, 0.25) is 0 Å². The van der Waals surface area contributed by atoms with Crippen molar-refractivity contribution in [2.45, 2.75) is 19.9 Å². The first-order valence-corrected chi connectivity index (χ1v) is 7.63. The maximum Gasteiger partial charge on any atom is 0.161 e. The van der Waals surface area contributed by atoms with Gasteiger partial charge in [-0.3, -0.25) is 9.97 Å². The number of hydrogen-bond acceptors (Lipinski definition) is 4. The standard InChI is InChI=1S/C19H17N3O/c1-11-8-15(12(2)20)18-16(9-11)17-19(23-18)14(5-7-22-17)13-4-3-6-21-10-13/h3-10,12H,20H2,1-2H3/t12-/m1/s1. The highest BCUT2D eigenvalue weighted by Gasteiger charge is 2.17. The van der Waals surface area contributed by atoms with Crippen LogP contribution in [0.1, 0.15) is 24.1 Å². The number of fused-ring (bicyclic) bond motifs is 3. The van der Waals surface area contributed by atoms with Gasteiger partial charge in [-0.2, -0.15) is 0 Å². The van der Waals surface area contributed by atoms with Crippen LogP contribution < -0.4 is 5.73 Å². The smallest absolute Gasteiger partial charge is 0.161 e. The first-order chi connectivity index (χ1) is 11.1. The molecule has 1 atom stereocenters. The predicted octanol–water partition coefficient (Wildman–Crippen LogP) is 4.37. The molecule has 3 aromatic heterocycles. The number of aryl methyl sites for hydroxylation is 1. The van der Waals surface area contributed by atoms with Crippen LogP contribution in [-0.4, -0.2) is 9.97 Å². The molecular weight excluding hydrogens is 286 g/mol. The van der Waals surface area contributed by atoms with Crippen LogP contribution in [0.25, 0.3) is 33.2 Å². The molecule has 3 heterocycles. The van der Waals surface area contributed by atoms with E-state index in [1.807, 2.05) is 37.5 Å². The zero-order valence-corrected chi connectivity index (χ0v) is 13.1. The van der Waals surface area contributed by atoms with Crippen LogP contribution >= 0.6 is 0 Å². The van der Waals surface area contributed by atoms with Crippen molar-refractivity contribution in [3.63, 3.8) is 0 Å². The van der Waals surface area contributed by atoms with Crippen molar-refractivity contribution < 1.29 is 4.42 Å². The van der Waals surface area contributed by atoms with Crippen molar-refractivity contribution in [3.05, 3.63) is 60.0 Å². The lowest BCUT2D eigenvalue weighted by atomic mass is 10.0. The molecule has 4 nitrogen and oxygen atoms in total. The number of nitrogens with zero attached hydrogens (tertiary/aromatic N) is 2. The molecule has 0 bridgehead atoms. The lowest BCUT2D eigenvalue weighted by Crippen LogP contribution is -2.05. The molecule has 0 aliphatic rings. The highest BCUT2D eigenvalue weighted by molar-refractivity contribution is 6.08. The number of benzene rings is 1. The van der Waals surface area contributed by atoms with Crippen molar-refractivity contribution in [3.8, 4) is 11.1 Å². The summed E-state index contributed by atoms with van der Waals surface area (Å²) < 4.78 is 6.22. The molecule has 114 valence electrons. The first kappa shape index (κ1) is 13.9. The van der Waals surface area contributed by atoms with E-state index in [1.165, 1.54) is 0 Å². The molecule has 4 heteroatoms. The Balaban J connectivity index is 2.12. The summed E-state index contributed by atoms with van der Waals surface area (Å²) in [5.74, 6) is 0. The SMILES string of the molecule is Cc1cc([C@@H](C)N)c2oc3c(-c4cccnc4)ccnc3c2c1. The predicted molar refractivity (Wildman–Crippen MR) is 92.1 cm³/mol. The Kier molecular flexibility index (Phi) is 3.13. The van der Waals surface area contributed by atoms with Crippen molar-refractivity contribution in [2.24, 2.45) is 5.73 Å². The maximum atomic E-state index is 6.22. The van der Waals surface area contributed by atoms with Crippen molar-refractivity contribution in [1.82, 2.24) is 9.97 Å². The fourth-order valence-electron chi connectivity index (χ4n) is 3.02. The fourth-order valence-corrected chi connectivity index (χ4v) is 3.02. The summed E-state index contributed by atoms with van der Waals surface area (Å²) in [6.45, 7) is 4.03. The monoisotopic (exact) mass is 303 g/mol. The molecule has 0 unspecified atom stereocenters. The summed E-state index contributed by atoms with van der Waals surface area (Å²) in [7, 11) is 0. The molecule has 0 spiro atoms. The van der Waals surface area contributed by atoms with Gasteiger partial charge in [0.1, 0.15) is 11.1 Å². The number of rotatable bonds is 2. The normalized spacial score (nSPS) is 12.8. The summed E-state index contributed by atoms with van der Waals surface area (Å²) in [5, 5.41) is 1.01.